The van der Waals surface area contributed by atoms with Gasteiger partial charge in [0.15, 0.2) is 0 Å². The van der Waals surface area contributed by atoms with Crippen LogP contribution in [0.3, 0.4) is 0 Å². The first-order valence-electron chi connectivity index (χ1n) is 4.85. The van der Waals surface area contributed by atoms with Crippen LogP contribution in [-0.2, 0) is 5.41 Å². The molecule has 0 aliphatic carbocycles. The molecule has 0 bridgehead atoms. The molecule has 1 aromatic rings. The topological polar surface area (TPSA) is 26.0 Å². The zero-order valence-electron chi connectivity index (χ0n) is 8.88. The first kappa shape index (κ1) is 13.2. The largest absolute Gasteiger partial charge is 0.399 e. The number of hydrogen-bond acceptors (Lipinski definition) is 2. The molecule has 0 saturated heterocycles. The molecule has 16 heavy (non-hydrogen) atoms. The molecular weight excluding hydrogens is 235 g/mol. The van der Waals surface area contributed by atoms with Gasteiger partial charge in [-0.2, -0.15) is 25.8 Å². The van der Waals surface area contributed by atoms with E-state index >= 15 is 0 Å². The molecule has 0 spiro atoms. The molecule has 0 aliphatic heterocycles. The van der Waals surface area contributed by atoms with E-state index in [0.29, 0.717) is 5.69 Å². The summed E-state index contributed by atoms with van der Waals surface area (Å²) in [5.41, 5.74) is 4.15. The van der Waals surface area contributed by atoms with Crippen LogP contribution in [0.2, 0.25) is 0 Å². The fourth-order valence-corrected chi connectivity index (χ4v) is 2.00. The summed E-state index contributed by atoms with van der Waals surface area (Å²) in [6.07, 6.45) is -4.37. The molecule has 1 nitrogen and oxygen atoms in total. The van der Waals surface area contributed by atoms with Crippen molar-refractivity contribution in [3.8, 4) is 0 Å². The van der Waals surface area contributed by atoms with E-state index in [1.165, 1.54) is 25.1 Å². The Morgan fingerprint density at radius 2 is 1.94 bits per heavy atom. The number of alkyl halides is 3. The fraction of sp³-hybridized carbons (Fsp3) is 0.455. The maximum absolute atomic E-state index is 13.0. The molecule has 0 amide bonds. The molecule has 1 rings (SSSR count). The molecule has 1 aromatic carbocycles. The molecule has 2 N–H and O–H groups in total. The molecule has 0 heterocycles. The average Bonchev–Trinajstić information content (AvgIpc) is 2.16. The van der Waals surface area contributed by atoms with Crippen LogP contribution in [0.5, 0.6) is 0 Å². The fourth-order valence-electron chi connectivity index (χ4n) is 1.56. The predicted octanol–water partition coefficient (Wildman–Crippen LogP) is 3.41. The van der Waals surface area contributed by atoms with Crippen molar-refractivity contribution < 1.29 is 13.2 Å². The third kappa shape index (κ3) is 2.45. The highest BCUT2D eigenvalue weighted by Gasteiger charge is 2.51. The van der Waals surface area contributed by atoms with Gasteiger partial charge in [0.25, 0.3) is 0 Å². The lowest BCUT2D eigenvalue weighted by Crippen LogP contribution is -2.40. The van der Waals surface area contributed by atoms with Crippen LogP contribution in [0.25, 0.3) is 0 Å². The standard InChI is InChI=1S/C11H14F3NS/c1-10(5-6-16,11(12,13)14)8-3-2-4-9(15)7-8/h2-4,7,16H,5-6,15H2,1H3. The lowest BCUT2D eigenvalue weighted by Gasteiger charge is -2.32. The van der Waals surface area contributed by atoms with Gasteiger partial charge in [-0.3, -0.25) is 0 Å². The Labute approximate surface area is 98.2 Å². The second-order valence-electron chi connectivity index (χ2n) is 3.93. The van der Waals surface area contributed by atoms with E-state index < -0.39 is 11.6 Å². The van der Waals surface area contributed by atoms with Crippen LogP contribution < -0.4 is 5.73 Å². The predicted molar refractivity (Wildman–Crippen MR) is 62.7 cm³/mol. The highest BCUT2D eigenvalue weighted by molar-refractivity contribution is 7.80. The number of nitrogens with two attached hydrogens (primary N) is 1. The normalized spacial score (nSPS) is 15.8. The first-order valence-corrected chi connectivity index (χ1v) is 5.48. The monoisotopic (exact) mass is 249 g/mol. The lowest BCUT2D eigenvalue weighted by molar-refractivity contribution is -0.186. The highest BCUT2D eigenvalue weighted by atomic mass is 32.1. The van der Waals surface area contributed by atoms with Gasteiger partial charge in [0, 0.05) is 5.69 Å². The Hall–Kier alpha value is -0.840. The summed E-state index contributed by atoms with van der Waals surface area (Å²) in [6.45, 7) is 1.18. The van der Waals surface area contributed by atoms with E-state index in [-0.39, 0.29) is 17.7 Å². The van der Waals surface area contributed by atoms with Gasteiger partial charge in [-0.05, 0) is 36.8 Å². The van der Waals surface area contributed by atoms with Crippen molar-refractivity contribution in [1.82, 2.24) is 0 Å². The molecule has 0 fully saturated rings. The van der Waals surface area contributed by atoms with Crippen molar-refractivity contribution in [2.45, 2.75) is 24.9 Å². The Morgan fingerprint density at radius 3 is 2.38 bits per heavy atom. The number of nitrogen functional groups attached to an aromatic ring is 1. The molecule has 90 valence electrons. The van der Waals surface area contributed by atoms with Gasteiger partial charge in [-0.25, -0.2) is 0 Å². The number of anilines is 1. The van der Waals surface area contributed by atoms with Crippen LogP contribution in [-0.4, -0.2) is 11.9 Å². The van der Waals surface area contributed by atoms with E-state index in [2.05, 4.69) is 12.6 Å². The third-order valence-corrected chi connectivity index (χ3v) is 2.98. The summed E-state index contributed by atoms with van der Waals surface area (Å²) in [5.74, 6) is 0.171. The zero-order chi connectivity index (χ0) is 12.4. The maximum atomic E-state index is 13.0. The Balaban J connectivity index is 3.21. The summed E-state index contributed by atoms with van der Waals surface area (Å²) >= 11 is 3.89. The molecule has 1 atom stereocenters. The highest BCUT2D eigenvalue weighted by Crippen LogP contribution is 2.43. The van der Waals surface area contributed by atoms with Crippen LogP contribution in [0.4, 0.5) is 18.9 Å². The maximum Gasteiger partial charge on any atom is 0.398 e. The second-order valence-corrected chi connectivity index (χ2v) is 4.38. The minimum absolute atomic E-state index is 0.0664. The first-order chi connectivity index (χ1) is 7.31. The SMILES string of the molecule is CC(CCS)(c1cccc(N)c1)C(F)(F)F. The van der Waals surface area contributed by atoms with Crippen molar-refractivity contribution >= 4 is 18.3 Å². The minimum Gasteiger partial charge on any atom is -0.399 e. The summed E-state index contributed by atoms with van der Waals surface area (Å²) in [5, 5.41) is 0. The van der Waals surface area contributed by atoms with Crippen LogP contribution in [0.1, 0.15) is 18.9 Å². The molecule has 0 aromatic heterocycles. The minimum atomic E-state index is -4.30. The third-order valence-electron chi connectivity index (χ3n) is 2.76. The number of benzene rings is 1. The second kappa shape index (κ2) is 4.57. The van der Waals surface area contributed by atoms with E-state index in [4.69, 9.17) is 5.73 Å². The Kier molecular flexibility index (Phi) is 3.78. The smallest absolute Gasteiger partial charge is 0.398 e. The molecular formula is C11H14F3NS. The van der Waals surface area contributed by atoms with Crippen molar-refractivity contribution in [1.29, 1.82) is 0 Å². The zero-order valence-corrected chi connectivity index (χ0v) is 9.78. The van der Waals surface area contributed by atoms with E-state index in [9.17, 15) is 13.2 Å². The molecule has 5 heteroatoms. The lowest BCUT2D eigenvalue weighted by atomic mass is 9.79. The summed E-state index contributed by atoms with van der Waals surface area (Å²) in [7, 11) is 0. The van der Waals surface area contributed by atoms with Gasteiger partial charge in [-0.15, -0.1) is 0 Å². The number of thiol groups is 1. The summed E-state index contributed by atoms with van der Waals surface area (Å²) < 4.78 is 39.1. The van der Waals surface area contributed by atoms with Crippen LogP contribution in [0, 0.1) is 0 Å². The van der Waals surface area contributed by atoms with Gasteiger partial charge >= 0.3 is 6.18 Å². The van der Waals surface area contributed by atoms with Gasteiger partial charge in [-0.1, -0.05) is 12.1 Å². The van der Waals surface area contributed by atoms with Crippen LogP contribution >= 0.6 is 12.6 Å². The van der Waals surface area contributed by atoms with E-state index in [1.807, 2.05) is 0 Å². The Morgan fingerprint density at radius 1 is 1.31 bits per heavy atom. The molecule has 0 aliphatic rings. The van der Waals surface area contributed by atoms with Crippen LogP contribution in [0.15, 0.2) is 24.3 Å². The average molecular weight is 249 g/mol. The van der Waals surface area contributed by atoms with E-state index in [0.717, 1.165) is 0 Å². The number of halogens is 3. The number of hydrogen-bond donors (Lipinski definition) is 2. The van der Waals surface area contributed by atoms with Gasteiger partial charge < -0.3 is 5.73 Å². The van der Waals surface area contributed by atoms with Crippen molar-refractivity contribution in [3.05, 3.63) is 29.8 Å². The van der Waals surface area contributed by atoms with Gasteiger partial charge in [0.05, 0.1) is 5.41 Å². The van der Waals surface area contributed by atoms with Crippen molar-refractivity contribution in [3.63, 3.8) is 0 Å². The summed E-state index contributed by atoms with van der Waals surface area (Å²) in [4.78, 5) is 0. The molecule has 1 unspecified atom stereocenters. The number of rotatable bonds is 3. The van der Waals surface area contributed by atoms with Crippen molar-refractivity contribution in [2.75, 3.05) is 11.5 Å². The van der Waals surface area contributed by atoms with Crippen molar-refractivity contribution in [2.24, 2.45) is 0 Å². The van der Waals surface area contributed by atoms with Gasteiger partial charge in [0.2, 0.25) is 0 Å². The molecule has 0 saturated carbocycles. The quantitative estimate of drug-likeness (QED) is 0.623. The van der Waals surface area contributed by atoms with E-state index in [1.54, 1.807) is 6.07 Å². The summed E-state index contributed by atoms with van der Waals surface area (Å²) in [6, 6.07) is 5.93. The Bertz CT molecular complexity index is 364. The van der Waals surface area contributed by atoms with Gasteiger partial charge in [0.1, 0.15) is 0 Å². The molecule has 0 radical (unpaired) electrons.